The Bertz CT molecular complexity index is 1050. The number of para-hydroxylation sites is 1. The molecule has 0 spiro atoms. The van der Waals surface area contributed by atoms with Crippen molar-refractivity contribution in [2.45, 2.75) is 18.3 Å². The maximum atomic E-state index is 12.4. The number of benzene rings is 3. The number of aliphatic hydroxyl groups is 1. The lowest BCUT2D eigenvalue weighted by Gasteiger charge is -2.09. The van der Waals surface area contributed by atoms with E-state index in [0.717, 1.165) is 11.1 Å². The van der Waals surface area contributed by atoms with Gasteiger partial charge in [0.25, 0.3) is 0 Å². The van der Waals surface area contributed by atoms with Crippen molar-refractivity contribution in [3.63, 3.8) is 0 Å². The van der Waals surface area contributed by atoms with Gasteiger partial charge in [-0.15, -0.1) is 0 Å². The summed E-state index contributed by atoms with van der Waals surface area (Å²) in [5.74, 6) is 0.551. The summed E-state index contributed by atoms with van der Waals surface area (Å²) in [6.45, 7) is 0.366. The molecule has 0 aliphatic heterocycles. The van der Waals surface area contributed by atoms with Crippen LogP contribution in [0.5, 0.6) is 5.75 Å². The van der Waals surface area contributed by atoms with Crippen molar-refractivity contribution in [1.82, 2.24) is 0 Å². The monoisotopic (exact) mass is 422 g/mol. The van der Waals surface area contributed by atoms with Crippen LogP contribution in [0, 0.1) is 6.07 Å². The van der Waals surface area contributed by atoms with Gasteiger partial charge in [-0.3, -0.25) is 4.72 Å². The molecule has 0 amide bonds. The average molecular weight is 423 g/mol. The van der Waals surface area contributed by atoms with Crippen LogP contribution in [-0.4, -0.2) is 26.2 Å². The highest BCUT2D eigenvalue weighted by Gasteiger charge is 2.11. The third-order valence-electron chi connectivity index (χ3n) is 4.22. The zero-order chi connectivity index (χ0) is 21.2. The second kappa shape index (κ2) is 10.6. The van der Waals surface area contributed by atoms with Crippen LogP contribution in [0.25, 0.3) is 6.08 Å². The summed E-state index contributed by atoms with van der Waals surface area (Å²) in [5.41, 5.74) is 1.98. The van der Waals surface area contributed by atoms with Gasteiger partial charge >= 0.3 is 0 Å². The Morgan fingerprint density at radius 2 is 1.83 bits per heavy atom. The molecule has 0 saturated carbocycles. The van der Waals surface area contributed by atoms with Crippen molar-refractivity contribution in [1.29, 1.82) is 0 Å². The molecule has 0 aromatic heterocycles. The summed E-state index contributed by atoms with van der Waals surface area (Å²) in [5, 5.41) is 10.1. The van der Waals surface area contributed by atoms with Gasteiger partial charge in [0, 0.05) is 18.2 Å². The molecule has 30 heavy (non-hydrogen) atoms. The number of aliphatic hydroxyl groups excluding tert-OH is 1. The van der Waals surface area contributed by atoms with E-state index < -0.39 is 16.1 Å². The summed E-state index contributed by atoms with van der Waals surface area (Å²) in [4.78, 5) is 0. The molecule has 1 atom stereocenters. The van der Waals surface area contributed by atoms with Gasteiger partial charge < -0.3 is 9.84 Å². The molecule has 5 nitrogen and oxygen atoms in total. The molecule has 0 saturated heterocycles. The maximum Gasteiger partial charge on any atom is 0.236 e. The lowest BCUT2D eigenvalue weighted by Crippen LogP contribution is -2.15. The number of anilines is 1. The number of nitrogens with one attached hydrogen (secondary N) is 1. The van der Waals surface area contributed by atoms with Gasteiger partial charge in [-0.1, -0.05) is 72.8 Å². The number of ether oxygens (including phenoxy) is 1. The van der Waals surface area contributed by atoms with E-state index in [-0.39, 0.29) is 5.75 Å². The summed E-state index contributed by atoms with van der Waals surface area (Å²) < 4.78 is 32.9. The van der Waals surface area contributed by atoms with Crippen molar-refractivity contribution in [3.8, 4) is 5.75 Å². The summed E-state index contributed by atoms with van der Waals surface area (Å²) in [6.07, 6.45) is 3.18. The van der Waals surface area contributed by atoms with Gasteiger partial charge in [-0.05, 0) is 29.3 Å². The largest absolute Gasteiger partial charge is 0.493 e. The van der Waals surface area contributed by atoms with Crippen LogP contribution < -0.4 is 9.46 Å². The summed E-state index contributed by atoms with van der Waals surface area (Å²) >= 11 is 0. The van der Waals surface area contributed by atoms with Gasteiger partial charge in [-0.2, -0.15) is 0 Å². The molecule has 0 unspecified atom stereocenters. The second-order valence-electron chi connectivity index (χ2n) is 6.76. The van der Waals surface area contributed by atoms with Crippen LogP contribution in [-0.2, 0) is 15.8 Å². The third-order valence-corrected chi connectivity index (χ3v) is 5.48. The van der Waals surface area contributed by atoms with Gasteiger partial charge in [0.05, 0.1) is 18.5 Å². The van der Waals surface area contributed by atoms with E-state index in [1.165, 1.54) is 0 Å². The number of rotatable bonds is 10. The summed E-state index contributed by atoms with van der Waals surface area (Å²) in [7, 11) is -3.52. The molecule has 3 aromatic carbocycles. The van der Waals surface area contributed by atoms with Crippen LogP contribution >= 0.6 is 0 Å². The van der Waals surface area contributed by atoms with Gasteiger partial charge in [0.1, 0.15) is 5.75 Å². The van der Waals surface area contributed by atoms with Gasteiger partial charge in [0.15, 0.2) is 0 Å². The van der Waals surface area contributed by atoms with Crippen LogP contribution in [0.1, 0.15) is 17.5 Å². The van der Waals surface area contributed by atoms with E-state index in [1.54, 1.807) is 48.6 Å². The molecule has 0 aliphatic rings. The van der Waals surface area contributed by atoms with Crippen LogP contribution in [0.15, 0.2) is 84.9 Å². The molecule has 0 fully saturated rings. The van der Waals surface area contributed by atoms with Crippen molar-refractivity contribution >= 4 is 21.8 Å². The van der Waals surface area contributed by atoms with E-state index in [9.17, 15) is 13.5 Å². The van der Waals surface area contributed by atoms with Crippen molar-refractivity contribution in [2.75, 3.05) is 11.3 Å². The Balaban J connectivity index is 1.53. The first-order valence-corrected chi connectivity index (χ1v) is 11.3. The molecule has 6 heteroatoms. The lowest BCUT2D eigenvalue weighted by atomic mass is 10.1. The quantitative estimate of drug-likeness (QED) is 0.512. The Hall–Kier alpha value is -3.09. The van der Waals surface area contributed by atoms with E-state index in [2.05, 4.69) is 10.8 Å². The van der Waals surface area contributed by atoms with Crippen LogP contribution in [0.3, 0.4) is 0 Å². The number of hydrogen-bond donors (Lipinski definition) is 2. The minimum absolute atomic E-state index is 0.0918. The van der Waals surface area contributed by atoms with E-state index in [0.29, 0.717) is 24.5 Å². The topological polar surface area (TPSA) is 75.6 Å². The maximum absolute atomic E-state index is 12.4. The van der Waals surface area contributed by atoms with Crippen molar-refractivity contribution < 1.29 is 18.3 Å². The van der Waals surface area contributed by atoms with Gasteiger partial charge in [-0.25, -0.2) is 8.42 Å². The first-order valence-electron chi connectivity index (χ1n) is 9.60. The fourth-order valence-corrected chi connectivity index (χ4v) is 3.98. The molecule has 0 bridgehead atoms. The Morgan fingerprint density at radius 3 is 2.60 bits per heavy atom. The number of hydrogen-bond acceptors (Lipinski definition) is 4. The standard InChI is InChI=1S/C24H24NO4S/c26-23(16-17-29-24-12-5-2-6-13-24)15-14-20-10-7-11-22(18-20)25-30(27,28)19-21-8-3-1-4-9-21/h1-12,14-15,18,23,25-26H,16-17,19H2/b15-14+/t23-/m0/s1. The van der Waals surface area contributed by atoms with Crippen LogP contribution in [0.4, 0.5) is 5.69 Å². The molecular formula is C24H24NO4S. The molecule has 1 radical (unpaired) electrons. The van der Waals surface area contributed by atoms with Gasteiger partial charge in [0.2, 0.25) is 10.0 Å². The minimum atomic E-state index is -3.52. The molecule has 2 N–H and O–H groups in total. The fourth-order valence-electron chi connectivity index (χ4n) is 2.79. The predicted molar refractivity (Wildman–Crippen MR) is 120 cm³/mol. The van der Waals surface area contributed by atoms with Crippen molar-refractivity contribution in [3.05, 3.63) is 102 Å². The highest BCUT2D eigenvalue weighted by Crippen LogP contribution is 2.16. The van der Waals surface area contributed by atoms with Crippen molar-refractivity contribution in [2.24, 2.45) is 0 Å². The smallest absolute Gasteiger partial charge is 0.236 e. The highest BCUT2D eigenvalue weighted by molar-refractivity contribution is 7.91. The van der Waals surface area contributed by atoms with E-state index >= 15 is 0 Å². The Kier molecular flexibility index (Phi) is 7.65. The van der Waals surface area contributed by atoms with Crippen LogP contribution in [0.2, 0.25) is 0 Å². The molecule has 0 aliphatic carbocycles. The second-order valence-corrected chi connectivity index (χ2v) is 8.48. The fraction of sp³-hybridized carbons (Fsp3) is 0.167. The molecule has 3 aromatic rings. The minimum Gasteiger partial charge on any atom is -0.493 e. The van der Waals surface area contributed by atoms with E-state index in [4.69, 9.17) is 4.74 Å². The molecule has 0 heterocycles. The number of sulfonamides is 1. The zero-order valence-corrected chi connectivity index (χ0v) is 17.3. The summed E-state index contributed by atoms with van der Waals surface area (Å²) in [6, 6.07) is 26.3. The first-order chi connectivity index (χ1) is 14.5. The lowest BCUT2D eigenvalue weighted by molar-refractivity contribution is 0.179. The third kappa shape index (κ3) is 7.39. The molecule has 155 valence electrons. The Morgan fingerprint density at radius 1 is 1.03 bits per heavy atom. The SMILES string of the molecule is O=S(=O)(Cc1ccccc1)Nc1cccc(/C=C/[C@H](O)CCOc2[c]cccc2)c1. The molecule has 3 rings (SSSR count). The highest BCUT2D eigenvalue weighted by atomic mass is 32.2. The zero-order valence-electron chi connectivity index (χ0n) is 16.4. The first kappa shape index (κ1) is 21.6. The predicted octanol–water partition coefficient (Wildman–Crippen LogP) is 4.27. The Labute approximate surface area is 177 Å². The average Bonchev–Trinajstić information content (AvgIpc) is 2.73. The van der Waals surface area contributed by atoms with E-state index in [1.807, 2.05) is 42.5 Å². The molecular weight excluding hydrogens is 398 g/mol. The normalized spacial score (nSPS) is 12.6.